The average Bonchev–Trinajstić information content (AvgIpc) is 2.73. The summed E-state index contributed by atoms with van der Waals surface area (Å²) >= 11 is 0. The molecular formula is C23H33N3O4S. The highest BCUT2D eigenvalue weighted by molar-refractivity contribution is 7.89. The Morgan fingerprint density at radius 3 is 2.55 bits per heavy atom. The van der Waals surface area contributed by atoms with Gasteiger partial charge in [0.25, 0.3) is 5.91 Å². The number of H-pyrrole nitrogens is 1. The third-order valence-corrected chi connectivity index (χ3v) is 7.71. The summed E-state index contributed by atoms with van der Waals surface area (Å²) in [5, 5.41) is 2.99. The number of sulfonamides is 1. The molecule has 0 aliphatic carbocycles. The van der Waals surface area contributed by atoms with Crippen LogP contribution in [0.25, 0.3) is 10.9 Å². The van der Waals surface area contributed by atoms with Crippen molar-refractivity contribution in [2.75, 3.05) is 19.6 Å². The zero-order valence-corrected chi connectivity index (χ0v) is 19.4. The lowest BCUT2D eigenvalue weighted by molar-refractivity contribution is 0.0951. The molecule has 2 N–H and O–H groups in total. The largest absolute Gasteiger partial charge is 0.360 e. The first kappa shape index (κ1) is 23.5. The number of carbonyl (C=O) groups excluding carboxylic acids is 1. The number of fused-ring (bicyclic) bond motifs is 1. The van der Waals surface area contributed by atoms with Crippen LogP contribution in [-0.4, -0.2) is 43.2 Å². The number of aromatic amines is 1. The standard InChI is InChI=1S/C23H33N3O4S/c1-4-5-6-7-10-24-23(28)20-13-25-21-9-8-18(12-19(21)22(20)27)31(29,30)26-14-16(2)11-17(3)15-26/h8-9,12-13,16-17H,4-7,10-11,14-15H2,1-3H3,(H,24,28)(H,25,27). The van der Waals surface area contributed by atoms with Crippen LogP contribution in [0.15, 0.2) is 34.1 Å². The Morgan fingerprint density at radius 1 is 1.16 bits per heavy atom. The lowest BCUT2D eigenvalue weighted by Gasteiger charge is -2.34. The van der Waals surface area contributed by atoms with E-state index in [4.69, 9.17) is 0 Å². The first-order valence-corrected chi connectivity index (χ1v) is 12.6. The fourth-order valence-electron chi connectivity index (χ4n) is 4.33. The highest BCUT2D eigenvalue weighted by Crippen LogP contribution is 2.27. The van der Waals surface area contributed by atoms with Gasteiger partial charge in [0.1, 0.15) is 5.56 Å². The number of nitrogens with one attached hydrogen (secondary N) is 2. The van der Waals surface area contributed by atoms with Gasteiger partial charge in [0.05, 0.1) is 4.90 Å². The molecule has 1 fully saturated rings. The molecule has 1 aliphatic heterocycles. The minimum atomic E-state index is -3.71. The lowest BCUT2D eigenvalue weighted by Crippen LogP contribution is -2.42. The Balaban J connectivity index is 1.87. The van der Waals surface area contributed by atoms with E-state index in [0.29, 0.717) is 25.2 Å². The molecule has 1 amide bonds. The molecule has 0 saturated carbocycles. The normalized spacial score (nSPS) is 20.1. The minimum absolute atomic E-state index is 0.00208. The van der Waals surface area contributed by atoms with Crippen LogP contribution in [-0.2, 0) is 10.0 Å². The van der Waals surface area contributed by atoms with E-state index in [1.54, 1.807) is 6.07 Å². The molecule has 7 nitrogen and oxygen atoms in total. The molecule has 8 heteroatoms. The van der Waals surface area contributed by atoms with Crippen LogP contribution in [0.3, 0.4) is 0 Å². The van der Waals surface area contributed by atoms with Crippen LogP contribution in [0.5, 0.6) is 0 Å². The molecule has 2 heterocycles. The first-order valence-electron chi connectivity index (χ1n) is 11.2. The SMILES string of the molecule is CCCCCCNC(=O)c1c[nH]c2ccc(S(=O)(=O)N3CC(C)CC(C)C3)cc2c1=O. The van der Waals surface area contributed by atoms with E-state index >= 15 is 0 Å². The predicted molar refractivity (Wildman–Crippen MR) is 123 cm³/mol. The van der Waals surface area contributed by atoms with Gasteiger partial charge in [-0.1, -0.05) is 40.0 Å². The Bertz CT molecular complexity index is 1080. The summed E-state index contributed by atoms with van der Waals surface area (Å²) in [5.41, 5.74) is 0.0406. The first-order chi connectivity index (χ1) is 14.7. The van der Waals surface area contributed by atoms with Crippen LogP contribution in [0.2, 0.25) is 0 Å². The van der Waals surface area contributed by atoms with Gasteiger partial charge in [-0.2, -0.15) is 4.31 Å². The van der Waals surface area contributed by atoms with E-state index in [9.17, 15) is 18.0 Å². The Morgan fingerprint density at radius 2 is 1.87 bits per heavy atom. The molecule has 3 rings (SSSR count). The van der Waals surface area contributed by atoms with Crippen molar-refractivity contribution in [3.05, 3.63) is 40.2 Å². The van der Waals surface area contributed by atoms with E-state index < -0.39 is 21.4 Å². The van der Waals surface area contributed by atoms with Gasteiger partial charge in [-0.05, 0) is 42.9 Å². The number of benzene rings is 1. The highest BCUT2D eigenvalue weighted by atomic mass is 32.2. The van der Waals surface area contributed by atoms with Crippen molar-refractivity contribution in [3.63, 3.8) is 0 Å². The molecule has 0 radical (unpaired) electrons. The van der Waals surface area contributed by atoms with Crippen molar-refractivity contribution in [2.24, 2.45) is 11.8 Å². The molecule has 170 valence electrons. The fraction of sp³-hybridized carbons (Fsp3) is 0.565. The monoisotopic (exact) mass is 447 g/mol. The molecule has 0 spiro atoms. The maximum atomic E-state index is 13.2. The van der Waals surface area contributed by atoms with Crippen molar-refractivity contribution >= 4 is 26.8 Å². The maximum Gasteiger partial charge on any atom is 0.256 e. The van der Waals surface area contributed by atoms with E-state index in [1.807, 2.05) is 0 Å². The van der Waals surface area contributed by atoms with E-state index in [2.05, 4.69) is 31.1 Å². The molecule has 0 bridgehead atoms. The van der Waals surface area contributed by atoms with Crippen LogP contribution >= 0.6 is 0 Å². The summed E-state index contributed by atoms with van der Waals surface area (Å²) in [6, 6.07) is 4.50. The summed E-state index contributed by atoms with van der Waals surface area (Å²) in [6.07, 6.45) is 6.51. The second-order valence-corrected chi connectivity index (χ2v) is 10.8. The Labute approximate surface area is 184 Å². The average molecular weight is 448 g/mol. The molecule has 1 aromatic carbocycles. The van der Waals surface area contributed by atoms with Crippen molar-refractivity contribution in [2.45, 2.75) is 57.8 Å². The quantitative estimate of drug-likeness (QED) is 0.605. The summed E-state index contributed by atoms with van der Waals surface area (Å²) in [4.78, 5) is 28.5. The van der Waals surface area contributed by atoms with Crippen molar-refractivity contribution < 1.29 is 13.2 Å². The number of hydrogen-bond acceptors (Lipinski definition) is 4. The van der Waals surface area contributed by atoms with E-state index in [-0.39, 0.29) is 27.7 Å². The predicted octanol–water partition coefficient (Wildman–Crippen LogP) is 3.50. The lowest BCUT2D eigenvalue weighted by atomic mass is 9.94. The summed E-state index contributed by atoms with van der Waals surface area (Å²) in [5.74, 6) is 0.136. The van der Waals surface area contributed by atoms with Gasteiger partial charge in [0.15, 0.2) is 0 Å². The fourth-order valence-corrected chi connectivity index (χ4v) is 6.03. The third-order valence-electron chi connectivity index (χ3n) is 5.89. The van der Waals surface area contributed by atoms with Gasteiger partial charge >= 0.3 is 0 Å². The summed E-state index contributed by atoms with van der Waals surface area (Å²) in [6.45, 7) is 7.68. The third kappa shape index (κ3) is 5.36. The van der Waals surface area contributed by atoms with Crippen LogP contribution in [0, 0.1) is 11.8 Å². The molecule has 2 atom stereocenters. The number of nitrogens with zero attached hydrogens (tertiary/aromatic N) is 1. The number of aromatic nitrogens is 1. The minimum Gasteiger partial charge on any atom is -0.360 e. The number of hydrogen-bond donors (Lipinski definition) is 2. The molecule has 31 heavy (non-hydrogen) atoms. The molecule has 1 aromatic heterocycles. The summed E-state index contributed by atoms with van der Waals surface area (Å²) < 4.78 is 27.9. The molecule has 1 saturated heterocycles. The van der Waals surface area contributed by atoms with Gasteiger partial charge in [-0.3, -0.25) is 9.59 Å². The zero-order chi connectivity index (χ0) is 22.6. The van der Waals surface area contributed by atoms with Gasteiger partial charge in [-0.25, -0.2) is 8.42 Å². The molecule has 1 aliphatic rings. The van der Waals surface area contributed by atoms with Crippen molar-refractivity contribution in [1.82, 2.24) is 14.6 Å². The van der Waals surface area contributed by atoms with Crippen LogP contribution in [0.1, 0.15) is 63.2 Å². The smallest absolute Gasteiger partial charge is 0.256 e. The van der Waals surface area contributed by atoms with Crippen LogP contribution in [0.4, 0.5) is 0 Å². The van der Waals surface area contributed by atoms with Gasteiger partial charge in [-0.15, -0.1) is 0 Å². The Hall–Kier alpha value is -2.19. The second-order valence-electron chi connectivity index (χ2n) is 8.82. The van der Waals surface area contributed by atoms with Gasteiger partial charge in [0.2, 0.25) is 15.5 Å². The number of carbonyl (C=O) groups is 1. The maximum absolute atomic E-state index is 13.2. The highest BCUT2D eigenvalue weighted by Gasteiger charge is 2.32. The Kier molecular flexibility index (Phi) is 7.54. The second kappa shape index (κ2) is 9.96. The molecule has 2 unspecified atom stereocenters. The van der Waals surface area contributed by atoms with Crippen molar-refractivity contribution in [3.8, 4) is 0 Å². The topological polar surface area (TPSA) is 99.3 Å². The number of pyridine rings is 1. The number of amides is 1. The van der Waals surface area contributed by atoms with Gasteiger partial charge in [0, 0.05) is 36.7 Å². The zero-order valence-electron chi connectivity index (χ0n) is 18.6. The number of rotatable bonds is 8. The molecule has 2 aromatic rings. The number of unbranched alkanes of at least 4 members (excludes halogenated alkanes) is 3. The van der Waals surface area contributed by atoms with E-state index in [1.165, 1.54) is 22.6 Å². The number of piperidine rings is 1. The molecular weight excluding hydrogens is 414 g/mol. The van der Waals surface area contributed by atoms with Crippen molar-refractivity contribution in [1.29, 1.82) is 0 Å². The van der Waals surface area contributed by atoms with E-state index in [0.717, 1.165) is 32.1 Å². The van der Waals surface area contributed by atoms with Gasteiger partial charge < -0.3 is 10.3 Å². The van der Waals surface area contributed by atoms with Crippen LogP contribution < -0.4 is 10.7 Å². The summed E-state index contributed by atoms with van der Waals surface area (Å²) in [7, 11) is -3.71.